The van der Waals surface area contributed by atoms with E-state index in [0.717, 1.165) is 52.8 Å². The van der Waals surface area contributed by atoms with Crippen LogP contribution in [0.5, 0.6) is 11.5 Å². The van der Waals surface area contributed by atoms with Gasteiger partial charge in [-0.25, -0.2) is 4.98 Å². The van der Waals surface area contributed by atoms with Crippen LogP contribution in [0.25, 0.3) is 10.7 Å². The van der Waals surface area contributed by atoms with Crippen molar-refractivity contribution < 1.29 is 14.3 Å². The molecule has 2 aromatic heterocycles. The quantitative estimate of drug-likeness (QED) is 0.649. The number of ether oxygens (including phenoxy) is 2. The summed E-state index contributed by atoms with van der Waals surface area (Å²) in [4.78, 5) is 25.0. The van der Waals surface area contributed by atoms with E-state index < -0.39 is 0 Å². The first-order valence-electron chi connectivity index (χ1n) is 9.80. The first kappa shape index (κ1) is 18.1. The van der Waals surface area contributed by atoms with E-state index in [9.17, 15) is 4.79 Å². The summed E-state index contributed by atoms with van der Waals surface area (Å²) in [5.74, 6) is 1.58. The molecule has 148 valence electrons. The van der Waals surface area contributed by atoms with E-state index in [1.807, 2.05) is 48.2 Å². The van der Waals surface area contributed by atoms with Crippen LogP contribution in [0.3, 0.4) is 0 Å². The van der Waals surface area contributed by atoms with Gasteiger partial charge in [0.25, 0.3) is 5.91 Å². The number of hydrogen-bond donors (Lipinski definition) is 0. The predicted octanol–water partition coefficient (Wildman–Crippen LogP) is 4.26. The van der Waals surface area contributed by atoms with Crippen LogP contribution in [0, 0.1) is 6.92 Å². The van der Waals surface area contributed by atoms with Gasteiger partial charge in [-0.1, -0.05) is 12.1 Å². The fourth-order valence-corrected chi connectivity index (χ4v) is 4.95. The minimum atomic E-state index is 0.0399. The van der Waals surface area contributed by atoms with Crippen LogP contribution in [0.4, 0.5) is 0 Å². The minimum Gasteiger partial charge on any atom is -0.486 e. The Hall–Kier alpha value is -2.93. The smallest absolute Gasteiger partial charge is 0.266 e. The molecule has 5 rings (SSSR count). The Labute approximate surface area is 173 Å². The van der Waals surface area contributed by atoms with Gasteiger partial charge >= 0.3 is 0 Å². The van der Waals surface area contributed by atoms with E-state index >= 15 is 0 Å². The number of pyridine rings is 1. The molecule has 0 N–H and O–H groups in total. The maximum atomic E-state index is 13.4. The zero-order valence-electron chi connectivity index (χ0n) is 16.1. The Balaban J connectivity index is 1.43. The molecule has 2 aliphatic rings. The van der Waals surface area contributed by atoms with Crippen LogP contribution in [0.1, 0.15) is 39.8 Å². The highest BCUT2D eigenvalue weighted by atomic mass is 32.1. The topological polar surface area (TPSA) is 64.6 Å². The molecule has 29 heavy (non-hydrogen) atoms. The van der Waals surface area contributed by atoms with E-state index in [0.29, 0.717) is 18.1 Å². The van der Waals surface area contributed by atoms with Gasteiger partial charge in [-0.05, 0) is 49.6 Å². The predicted molar refractivity (Wildman–Crippen MR) is 111 cm³/mol. The van der Waals surface area contributed by atoms with Gasteiger partial charge in [0.1, 0.15) is 23.1 Å². The summed E-state index contributed by atoms with van der Waals surface area (Å²) in [7, 11) is 0. The van der Waals surface area contributed by atoms with E-state index in [4.69, 9.17) is 9.47 Å². The first-order valence-corrected chi connectivity index (χ1v) is 10.6. The van der Waals surface area contributed by atoms with Gasteiger partial charge in [0, 0.05) is 12.7 Å². The third-order valence-corrected chi connectivity index (χ3v) is 6.51. The fraction of sp³-hybridized carbons (Fsp3) is 0.318. The number of carbonyl (C=O) groups is 1. The van der Waals surface area contributed by atoms with Crippen LogP contribution in [0.2, 0.25) is 0 Å². The molecule has 0 spiro atoms. The van der Waals surface area contributed by atoms with Crippen molar-refractivity contribution in [3.05, 3.63) is 58.7 Å². The molecule has 1 saturated heterocycles. The van der Waals surface area contributed by atoms with E-state index in [2.05, 4.69) is 9.97 Å². The molecule has 1 amide bonds. The second kappa shape index (κ2) is 7.48. The Bertz CT molecular complexity index is 1050. The molecule has 1 atom stereocenters. The summed E-state index contributed by atoms with van der Waals surface area (Å²) >= 11 is 1.42. The van der Waals surface area contributed by atoms with Gasteiger partial charge in [0.05, 0.1) is 17.4 Å². The molecular weight excluding hydrogens is 386 g/mol. The number of nitrogens with zero attached hydrogens (tertiary/aromatic N) is 3. The zero-order valence-corrected chi connectivity index (χ0v) is 16.9. The molecule has 1 aromatic carbocycles. The number of aryl methyl sites for hydroxylation is 1. The third-order valence-electron chi connectivity index (χ3n) is 5.34. The minimum absolute atomic E-state index is 0.0399. The number of carbonyl (C=O) groups excluding carboxylic acids is 1. The number of aromatic nitrogens is 2. The number of hydrogen-bond acceptors (Lipinski definition) is 6. The van der Waals surface area contributed by atoms with Crippen molar-refractivity contribution in [2.24, 2.45) is 0 Å². The molecule has 0 bridgehead atoms. The monoisotopic (exact) mass is 407 g/mol. The average molecular weight is 407 g/mol. The summed E-state index contributed by atoms with van der Waals surface area (Å²) in [6.07, 6.45) is 3.66. The van der Waals surface area contributed by atoms with Crippen LogP contribution < -0.4 is 9.47 Å². The molecule has 0 saturated carbocycles. The van der Waals surface area contributed by atoms with Gasteiger partial charge < -0.3 is 14.4 Å². The number of amides is 1. The van der Waals surface area contributed by atoms with E-state index in [-0.39, 0.29) is 11.9 Å². The number of likely N-dealkylation sites (tertiary alicyclic amines) is 1. The molecule has 7 heteroatoms. The van der Waals surface area contributed by atoms with Crippen LogP contribution in [0.15, 0.2) is 42.6 Å². The lowest BCUT2D eigenvalue weighted by Gasteiger charge is -2.26. The summed E-state index contributed by atoms with van der Waals surface area (Å²) in [6, 6.07) is 11.8. The molecule has 4 heterocycles. The second-order valence-electron chi connectivity index (χ2n) is 7.21. The Morgan fingerprint density at radius 3 is 2.86 bits per heavy atom. The highest BCUT2D eigenvalue weighted by Gasteiger charge is 2.33. The molecule has 0 radical (unpaired) electrons. The van der Waals surface area contributed by atoms with Crippen molar-refractivity contribution in [1.82, 2.24) is 14.9 Å². The first-order chi connectivity index (χ1) is 14.2. The Morgan fingerprint density at radius 2 is 2.03 bits per heavy atom. The summed E-state index contributed by atoms with van der Waals surface area (Å²) in [5, 5.41) is 0.779. The number of thiazole rings is 1. The fourth-order valence-electron chi connectivity index (χ4n) is 3.95. The number of benzene rings is 1. The van der Waals surface area contributed by atoms with Crippen LogP contribution in [-0.2, 0) is 0 Å². The molecular formula is C22H21N3O3S. The molecule has 3 aromatic rings. The van der Waals surface area contributed by atoms with Gasteiger partial charge in [0.15, 0.2) is 11.5 Å². The van der Waals surface area contributed by atoms with E-state index in [1.165, 1.54) is 11.3 Å². The third kappa shape index (κ3) is 3.35. The van der Waals surface area contributed by atoms with Gasteiger partial charge in [0.2, 0.25) is 0 Å². The molecule has 6 nitrogen and oxygen atoms in total. The highest BCUT2D eigenvalue weighted by Crippen LogP contribution is 2.39. The summed E-state index contributed by atoms with van der Waals surface area (Å²) < 4.78 is 11.4. The molecule has 1 unspecified atom stereocenters. The van der Waals surface area contributed by atoms with Crippen molar-refractivity contribution in [2.45, 2.75) is 25.8 Å². The lowest BCUT2D eigenvalue weighted by molar-refractivity contribution is 0.0739. The van der Waals surface area contributed by atoms with Crippen molar-refractivity contribution in [3.8, 4) is 22.2 Å². The standard InChI is InChI=1S/C22H21N3O3S/c1-14-20(29-21(24-14)16-5-2-3-9-23-16)22(26)25-10-4-6-17(25)15-7-8-18-19(13-15)28-12-11-27-18/h2-3,5,7-9,13,17H,4,6,10-12H2,1H3. The van der Waals surface area contributed by atoms with Crippen molar-refractivity contribution >= 4 is 17.2 Å². The van der Waals surface area contributed by atoms with Gasteiger partial charge in [-0.2, -0.15) is 0 Å². The molecule has 1 fully saturated rings. The molecule has 2 aliphatic heterocycles. The normalized spacial score (nSPS) is 18.1. The van der Waals surface area contributed by atoms with Crippen LogP contribution >= 0.6 is 11.3 Å². The van der Waals surface area contributed by atoms with Crippen molar-refractivity contribution in [2.75, 3.05) is 19.8 Å². The van der Waals surface area contributed by atoms with Gasteiger partial charge in [-0.15, -0.1) is 11.3 Å². The zero-order chi connectivity index (χ0) is 19.8. The maximum absolute atomic E-state index is 13.4. The SMILES string of the molecule is Cc1nc(-c2ccccn2)sc1C(=O)N1CCCC1c1ccc2c(c1)OCCO2. The summed E-state index contributed by atoms with van der Waals surface area (Å²) in [5.41, 5.74) is 2.64. The van der Waals surface area contributed by atoms with E-state index in [1.54, 1.807) is 6.20 Å². The lowest BCUT2D eigenvalue weighted by atomic mass is 10.0. The van der Waals surface area contributed by atoms with Crippen molar-refractivity contribution in [3.63, 3.8) is 0 Å². The second-order valence-corrected chi connectivity index (χ2v) is 8.21. The Kier molecular flexibility index (Phi) is 4.67. The lowest BCUT2D eigenvalue weighted by Crippen LogP contribution is -2.30. The summed E-state index contributed by atoms with van der Waals surface area (Å²) in [6.45, 7) is 3.77. The number of rotatable bonds is 3. The average Bonchev–Trinajstić information content (AvgIpc) is 3.41. The maximum Gasteiger partial charge on any atom is 0.266 e. The number of fused-ring (bicyclic) bond motifs is 1. The van der Waals surface area contributed by atoms with Crippen LogP contribution in [-0.4, -0.2) is 40.5 Å². The Morgan fingerprint density at radius 1 is 1.17 bits per heavy atom. The highest BCUT2D eigenvalue weighted by molar-refractivity contribution is 7.17. The van der Waals surface area contributed by atoms with Gasteiger partial charge in [-0.3, -0.25) is 9.78 Å². The van der Waals surface area contributed by atoms with Crippen molar-refractivity contribution in [1.29, 1.82) is 0 Å². The molecule has 0 aliphatic carbocycles. The largest absolute Gasteiger partial charge is 0.486 e.